The molecule has 0 bridgehead atoms. The number of nitrogens with one attached hydrogen (secondary N) is 2. The monoisotopic (exact) mass is 373 g/mol. The summed E-state index contributed by atoms with van der Waals surface area (Å²) in [5.41, 5.74) is 1.77. The maximum absolute atomic E-state index is 12.8. The molecule has 2 aliphatic rings. The molecular formula is C20H27N3O4. The first-order chi connectivity index (χ1) is 13.1. The number of amides is 2. The predicted molar refractivity (Wildman–Crippen MR) is 101 cm³/mol. The number of esters is 1. The minimum Gasteiger partial charge on any atom is -0.496 e. The Hall–Kier alpha value is -2.54. The third-order valence-corrected chi connectivity index (χ3v) is 4.93. The number of methoxy groups -OCH3 is 1. The van der Waals surface area contributed by atoms with Gasteiger partial charge in [-0.1, -0.05) is 24.6 Å². The topological polar surface area (TPSA) is 79.9 Å². The van der Waals surface area contributed by atoms with Crippen LogP contribution in [0.5, 0.6) is 5.75 Å². The van der Waals surface area contributed by atoms with E-state index in [1.807, 2.05) is 24.3 Å². The number of likely N-dealkylation sites (tertiary alicyclic amines) is 1. The fourth-order valence-electron chi connectivity index (χ4n) is 3.67. The van der Waals surface area contributed by atoms with Gasteiger partial charge in [0.2, 0.25) is 0 Å². The lowest BCUT2D eigenvalue weighted by molar-refractivity contribution is -0.139. The Kier molecular flexibility index (Phi) is 6.34. The van der Waals surface area contributed by atoms with Crippen LogP contribution in [0.15, 0.2) is 35.5 Å². The van der Waals surface area contributed by atoms with Gasteiger partial charge in [-0.3, -0.25) is 4.90 Å². The predicted octanol–water partition coefficient (Wildman–Crippen LogP) is 2.35. The van der Waals surface area contributed by atoms with Gasteiger partial charge in [0.1, 0.15) is 5.75 Å². The Morgan fingerprint density at radius 1 is 1.22 bits per heavy atom. The summed E-state index contributed by atoms with van der Waals surface area (Å²) in [7, 11) is 1.57. The molecule has 2 aliphatic heterocycles. The molecule has 1 aromatic carbocycles. The minimum absolute atomic E-state index is 0.270. The standard InChI is InChI=1S/C20H27N3O4/c1-3-27-19(24)17-15(13-23-11-7-4-8-12-23)21-20(25)22-18(17)14-9-5-6-10-16(14)26-2/h5-6,9-10,18H,3-4,7-8,11-13H2,1-2H3,(H2,21,22,25)/t18-/m0/s1. The fraction of sp³-hybridized carbons (Fsp3) is 0.500. The maximum atomic E-state index is 12.8. The summed E-state index contributed by atoms with van der Waals surface area (Å²) in [4.78, 5) is 27.4. The van der Waals surface area contributed by atoms with Crippen molar-refractivity contribution in [3.05, 3.63) is 41.1 Å². The first-order valence-corrected chi connectivity index (χ1v) is 9.47. The molecule has 0 aromatic heterocycles. The number of para-hydroxylation sites is 1. The average Bonchev–Trinajstić information content (AvgIpc) is 2.68. The zero-order chi connectivity index (χ0) is 19.2. The second-order valence-corrected chi connectivity index (χ2v) is 6.72. The van der Waals surface area contributed by atoms with Gasteiger partial charge in [-0.2, -0.15) is 0 Å². The largest absolute Gasteiger partial charge is 0.496 e. The highest BCUT2D eigenvalue weighted by atomic mass is 16.5. The van der Waals surface area contributed by atoms with Crippen LogP contribution in [0.2, 0.25) is 0 Å². The molecule has 0 radical (unpaired) electrons. The molecule has 27 heavy (non-hydrogen) atoms. The molecule has 0 spiro atoms. The van der Waals surface area contributed by atoms with Gasteiger partial charge in [0.25, 0.3) is 0 Å². The van der Waals surface area contributed by atoms with E-state index in [1.165, 1.54) is 6.42 Å². The molecule has 0 unspecified atom stereocenters. The lowest BCUT2D eigenvalue weighted by Crippen LogP contribution is -2.49. The molecule has 3 rings (SSSR count). The van der Waals surface area contributed by atoms with Gasteiger partial charge < -0.3 is 20.1 Å². The highest BCUT2D eigenvalue weighted by Gasteiger charge is 2.35. The summed E-state index contributed by atoms with van der Waals surface area (Å²) in [6, 6.07) is 6.44. The first kappa shape index (κ1) is 19.2. The van der Waals surface area contributed by atoms with E-state index in [2.05, 4.69) is 15.5 Å². The van der Waals surface area contributed by atoms with Crippen LogP contribution in [0.3, 0.4) is 0 Å². The molecule has 2 amide bonds. The van der Waals surface area contributed by atoms with Crippen molar-refractivity contribution in [1.29, 1.82) is 0 Å². The van der Waals surface area contributed by atoms with Gasteiger partial charge >= 0.3 is 12.0 Å². The summed E-state index contributed by atoms with van der Waals surface area (Å²) in [5, 5.41) is 5.69. The molecule has 7 nitrogen and oxygen atoms in total. The number of rotatable bonds is 6. The molecule has 7 heteroatoms. The fourth-order valence-corrected chi connectivity index (χ4v) is 3.67. The van der Waals surface area contributed by atoms with Crippen molar-refractivity contribution >= 4 is 12.0 Å². The number of benzene rings is 1. The van der Waals surface area contributed by atoms with E-state index < -0.39 is 12.0 Å². The van der Waals surface area contributed by atoms with Crippen molar-refractivity contribution in [3.63, 3.8) is 0 Å². The third kappa shape index (κ3) is 4.42. The summed E-state index contributed by atoms with van der Waals surface area (Å²) in [5.74, 6) is 0.191. The molecule has 1 aromatic rings. The van der Waals surface area contributed by atoms with E-state index in [1.54, 1.807) is 14.0 Å². The Morgan fingerprint density at radius 3 is 2.67 bits per heavy atom. The number of urea groups is 1. The van der Waals surface area contributed by atoms with Crippen molar-refractivity contribution in [2.75, 3.05) is 33.4 Å². The quantitative estimate of drug-likeness (QED) is 0.749. The minimum atomic E-state index is -0.617. The summed E-state index contributed by atoms with van der Waals surface area (Å²) in [6.45, 7) is 4.49. The molecule has 1 fully saturated rings. The summed E-state index contributed by atoms with van der Waals surface area (Å²) >= 11 is 0. The molecule has 146 valence electrons. The second-order valence-electron chi connectivity index (χ2n) is 6.72. The van der Waals surface area contributed by atoms with Crippen molar-refractivity contribution in [2.24, 2.45) is 0 Å². The van der Waals surface area contributed by atoms with E-state index in [-0.39, 0.29) is 12.6 Å². The zero-order valence-corrected chi connectivity index (χ0v) is 15.9. The lowest BCUT2D eigenvalue weighted by Gasteiger charge is -2.33. The van der Waals surface area contributed by atoms with E-state index in [9.17, 15) is 9.59 Å². The van der Waals surface area contributed by atoms with Gasteiger partial charge in [0.15, 0.2) is 0 Å². The van der Waals surface area contributed by atoms with Gasteiger partial charge in [0, 0.05) is 17.8 Å². The van der Waals surface area contributed by atoms with Crippen molar-refractivity contribution < 1.29 is 19.1 Å². The van der Waals surface area contributed by atoms with Crippen LogP contribution in [0.4, 0.5) is 4.79 Å². The summed E-state index contributed by atoms with van der Waals surface area (Å²) in [6.07, 6.45) is 3.48. The van der Waals surface area contributed by atoms with Crippen molar-refractivity contribution in [1.82, 2.24) is 15.5 Å². The van der Waals surface area contributed by atoms with Crippen LogP contribution in [-0.2, 0) is 9.53 Å². The molecule has 1 atom stereocenters. The zero-order valence-electron chi connectivity index (χ0n) is 15.9. The molecule has 0 saturated carbocycles. The third-order valence-electron chi connectivity index (χ3n) is 4.93. The van der Waals surface area contributed by atoms with Gasteiger partial charge in [-0.25, -0.2) is 9.59 Å². The second kappa shape index (κ2) is 8.90. The van der Waals surface area contributed by atoms with E-state index in [0.29, 0.717) is 23.6 Å². The van der Waals surface area contributed by atoms with Crippen molar-refractivity contribution in [3.8, 4) is 5.75 Å². The lowest BCUT2D eigenvalue weighted by atomic mass is 9.94. The van der Waals surface area contributed by atoms with E-state index in [0.717, 1.165) is 31.5 Å². The first-order valence-electron chi connectivity index (χ1n) is 9.47. The number of ether oxygens (including phenoxy) is 2. The van der Waals surface area contributed by atoms with Crippen LogP contribution in [0, 0.1) is 0 Å². The summed E-state index contributed by atoms with van der Waals surface area (Å²) < 4.78 is 10.8. The number of carbonyl (C=O) groups excluding carboxylic acids is 2. The normalized spacial score (nSPS) is 20.7. The molecular weight excluding hydrogens is 346 g/mol. The van der Waals surface area contributed by atoms with Crippen LogP contribution < -0.4 is 15.4 Å². The van der Waals surface area contributed by atoms with Gasteiger partial charge in [-0.05, 0) is 38.9 Å². The number of piperidine rings is 1. The van der Waals surface area contributed by atoms with Crippen LogP contribution in [0.25, 0.3) is 0 Å². The van der Waals surface area contributed by atoms with Crippen LogP contribution in [0.1, 0.15) is 37.8 Å². The Labute approximate surface area is 159 Å². The Morgan fingerprint density at radius 2 is 1.96 bits per heavy atom. The number of carbonyl (C=O) groups is 2. The highest BCUT2D eigenvalue weighted by Crippen LogP contribution is 2.33. The molecule has 2 N–H and O–H groups in total. The molecule has 0 aliphatic carbocycles. The van der Waals surface area contributed by atoms with E-state index >= 15 is 0 Å². The smallest absolute Gasteiger partial charge is 0.338 e. The van der Waals surface area contributed by atoms with Crippen molar-refractivity contribution in [2.45, 2.75) is 32.2 Å². The molecule has 1 saturated heterocycles. The SMILES string of the molecule is CCOC(=O)C1=C(CN2CCCCC2)NC(=O)N[C@H]1c1ccccc1OC. The molecule has 2 heterocycles. The Bertz CT molecular complexity index is 726. The van der Waals surface area contributed by atoms with Crippen LogP contribution in [-0.4, -0.2) is 50.3 Å². The number of hydrogen-bond acceptors (Lipinski definition) is 5. The van der Waals surface area contributed by atoms with E-state index in [4.69, 9.17) is 9.47 Å². The Balaban J connectivity index is 2.02. The van der Waals surface area contributed by atoms with Gasteiger partial charge in [0.05, 0.1) is 25.3 Å². The van der Waals surface area contributed by atoms with Crippen LogP contribution >= 0.6 is 0 Å². The maximum Gasteiger partial charge on any atom is 0.338 e. The van der Waals surface area contributed by atoms with Gasteiger partial charge in [-0.15, -0.1) is 0 Å². The number of nitrogens with zero attached hydrogens (tertiary/aromatic N) is 1. The number of hydrogen-bond donors (Lipinski definition) is 2. The average molecular weight is 373 g/mol. The highest BCUT2D eigenvalue weighted by molar-refractivity contribution is 5.95.